The molecular formula is HBF6NaO2P. The van der Waals surface area contributed by atoms with E-state index in [9.17, 15) is 25.7 Å². The monoisotopic (exact) mass is 212 g/mol. The molecule has 1 N–H and O–H groups in total. The van der Waals surface area contributed by atoms with Crippen molar-refractivity contribution in [2.45, 2.75) is 0 Å². The molecule has 0 unspecified atom stereocenters. The van der Waals surface area contributed by atoms with Gasteiger partial charge in [0.25, 0.3) is 0 Å². The van der Waals surface area contributed by atoms with Crippen LogP contribution in [0.1, 0.15) is 0 Å². The Balaban J connectivity index is -0.000000107. The van der Waals surface area contributed by atoms with Crippen molar-refractivity contribution >= 4 is 15.2 Å². The molecule has 0 aromatic carbocycles. The van der Waals surface area contributed by atoms with Gasteiger partial charge >= 0.3 is 44.8 Å². The molecule has 0 aromatic rings. The van der Waals surface area contributed by atoms with Crippen LogP contribution in [-0.2, 0) is 4.57 Å². The Kier molecular flexibility index (Phi) is 10.3. The maximum atomic E-state index is 10.1. The van der Waals surface area contributed by atoms with Gasteiger partial charge in [-0.15, -0.1) is 8.39 Å². The fourth-order valence-electron chi connectivity index (χ4n) is 0. The molecule has 0 saturated carbocycles. The summed E-state index contributed by atoms with van der Waals surface area (Å²) in [6, 6.07) is 0. The summed E-state index contributed by atoms with van der Waals surface area (Å²) in [6.45, 7) is 0. The van der Waals surface area contributed by atoms with Gasteiger partial charge in [0.1, 0.15) is 0 Å². The van der Waals surface area contributed by atoms with Crippen LogP contribution in [0.2, 0.25) is 0 Å². The zero-order chi connectivity index (χ0) is 9.00. The number of rotatable bonds is 0. The van der Waals surface area contributed by atoms with Gasteiger partial charge in [-0.1, -0.05) is 0 Å². The van der Waals surface area contributed by atoms with E-state index in [2.05, 4.69) is 0 Å². The molecule has 0 saturated heterocycles. The Hall–Kier alpha value is 0.835. The van der Waals surface area contributed by atoms with Gasteiger partial charge in [-0.25, -0.2) is 4.57 Å². The number of halogens is 6. The Morgan fingerprint density at radius 3 is 1.09 bits per heavy atom. The van der Waals surface area contributed by atoms with Gasteiger partial charge in [0.2, 0.25) is 0 Å². The first kappa shape index (κ1) is 17.8. The van der Waals surface area contributed by atoms with Crippen molar-refractivity contribution in [1.29, 1.82) is 0 Å². The van der Waals surface area contributed by atoms with Crippen molar-refractivity contribution in [1.82, 2.24) is 0 Å². The normalized spacial score (nSPS) is 10.8. The largest absolute Gasteiger partial charge is 1.00 e. The zero-order valence-corrected chi connectivity index (χ0v) is 8.04. The topological polar surface area (TPSA) is 37.3 Å². The fourth-order valence-corrected chi connectivity index (χ4v) is 0. The van der Waals surface area contributed by atoms with Gasteiger partial charge in [0.05, 0.1) is 0 Å². The van der Waals surface area contributed by atoms with Crippen LogP contribution >= 0.6 is 7.99 Å². The van der Waals surface area contributed by atoms with Crippen molar-refractivity contribution in [3.63, 3.8) is 0 Å². The van der Waals surface area contributed by atoms with Crippen LogP contribution in [-0.4, -0.2) is 12.1 Å². The quantitative estimate of drug-likeness (QED) is 0.328. The van der Waals surface area contributed by atoms with Gasteiger partial charge in [0, 0.05) is 0 Å². The Morgan fingerprint density at radius 2 is 1.09 bits per heavy atom. The molecule has 0 bridgehead atoms. The minimum atomic E-state index is -6.00. The van der Waals surface area contributed by atoms with Crippen molar-refractivity contribution < 1.29 is 64.7 Å². The SMILES string of the molecule is F[B-](F)(F)F.O=P(O)(F)F.[Na+]. The van der Waals surface area contributed by atoms with Crippen LogP contribution < -0.4 is 29.6 Å². The average molecular weight is 212 g/mol. The predicted molar refractivity (Wildman–Crippen MR) is 22.2 cm³/mol. The number of hydrogen-bond donors (Lipinski definition) is 1. The van der Waals surface area contributed by atoms with Gasteiger partial charge in [0.15, 0.2) is 0 Å². The van der Waals surface area contributed by atoms with Crippen LogP contribution in [0.25, 0.3) is 0 Å². The smallest absolute Gasteiger partial charge is 0.418 e. The van der Waals surface area contributed by atoms with E-state index in [1.54, 1.807) is 0 Å². The third-order valence-corrected chi connectivity index (χ3v) is 0. The van der Waals surface area contributed by atoms with E-state index in [-0.39, 0.29) is 29.6 Å². The molecule has 0 aliphatic heterocycles. The van der Waals surface area contributed by atoms with E-state index >= 15 is 0 Å². The van der Waals surface area contributed by atoms with Crippen LogP contribution in [0.5, 0.6) is 0 Å². The minimum absolute atomic E-state index is 0. The molecule has 2 nitrogen and oxygen atoms in total. The standard InChI is InChI=1S/BF4.F2HO2P.Na/c2-1(3,4)5;1-5(2,3)4;/h;(H,3,4);/q-1;;+1. The molecule has 0 aliphatic rings. The maximum Gasteiger partial charge on any atom is 1.00 e. The zero-order valence-electron chi connectivity index (χ0n) is 5.15. The molecule has 0 atom stereocenters. The first-order chi connectivity index (χ1) is 4.00. The van der Waals surface area contributed by atoms with Crippen molar-refractivity contribution in [3.05, 3.63) is 0 Å². The molecule has 0 radical (unpaired) electrons. The second-order valence-electron chi connectivity index (χ2n) is 0.930. The first-order valence-electron chi connectivity index (χ1n) is 1.59. The Morgan fingerprint density at radius 1 is 1.09 bits per heavy atom. The van der Waals surface area contributed by atoms with Gasteiger partial charge in [-0.05, 0) is 0 Å². The second kappa shape index (κ2) is 6.36. The van der Waals surface area contributed by atoms with E-state index in [0.29, 0.717) is 0 Å². The Labute approximate surface area is 80.1 Å². The summed E-state index contributed by atoms with van der Waals surface area (Å²) in [5, 5.41) is 0. The summed E-state index contributed by atoms with van der Waals surface area (Å²) in [6.07, 6.45) is 0. The van der Waals surface area contributed by atoms with Gasteiger partial charge < -0.3 is 17.3 Å². The van der Waals surface area contributed by atoms with Gasteiger partial charge in [-0.2, -0.15) is 0 Å². The molecule has 11 heteroatoms. The first-order valence-corrected chi connectivity index (χ1v) is 3.03. The number of hydrogen-bond acceptors (Lipinski definition) is 1. The maximum absolute atomic E-state index is 10.1. The summed E-state index contributed by atoms with van der Waals surface area (Å²) in [5.74, 6) is 0. The van der Waals surface area contributed by atoms with E-state index in [0.717, 1.165) is 0 Å². The van der Waals surface area contributed by atoms with Crippen molar-refractivity contribution in [2.75, 3.05) is 0 Å². The Bertz CT molecular complexity index is 113. The second-order valence-corrected chi connectivity index (χ2v) is 1.80. The van der Waals surface area contributed by atoms with Crippen molar-refractivity contribution in [3.8, 4) is 0 Å². The molecule has 0 amide bonds. The van der Waals surface area contributed by atoms with Crippen LogP contribution in [0, 0.1) is 0 Å². The summed E-state index contributed by atoms with van der Waals surface area (Å²) in [5.41, 5.74) is 0. The molecule has 64 valence electrons. The molecule has 0 aromatic heterocycles. The molecule has 0 aliphatic carbocycles. The molecule has 0 fully saturated rings. The summed E-state index contributed by atoms with van der Waals surface area (Å²) in [7, 11) is -11.6. The predicted octanol–water partition coefficient (Wildman–Crippen LogP) is -0.670. The fraction of sp³-hybridized carbons (Fsp3) is 0. The van der Waals surface area contributed by atoms with Crippen LogP contribution in [0.3, 0.4) is 0 Å². The molecule has 0 spiro atoms. The molecule has 0 heterocycles. The van der Waals surface area contributed by atoms with Crippen LogP contribution in [0.15, 0.2) is 0 Å². The summed E-state index contributed by atoms with van der Waals surface area (Å²) in [4.78, 5) is 6.74. The molecule has 0 rings (SSSR count). The van der Waals surface area contributed by atoms with E-state index in [1.807, 2.05) is 0 Å². The van der Waals surface area contributed by atoms with Crippen molar-refractivity contribution in [2.24, 2.45) is 0 Å². The van der Waals surface area contributed by atoms with E-state index < -0.39 is 15.2 Å². The third-order valence-electron chi connectivity index (χ3n) is 0. The van der Waals surface area contributed by atoms with Gasteiger partial charge in [-0.3, -0.25) is 4.89 Å². The summed E-state index contributed by atoms with van der Waals surface area (Å²) >= 11 is 0. The molecule has 11 heavy (non-hydrogen) atoms. The molecular weight excluding hydrogens is 211 g/mol. The van der Waals surface area contributed by atoms with E-state index in [1.165, 1.54) is 0 Å². The summed E-state index contributed by atoms with van der Waals surface area (Å²) < 4.78 is 67.7. The van der Waals surface area contributed by atoms with Crippen LogP contribution in [0.4, 0.5) is 25.7 Å². The third kappa shape index (κ3) is 1210. The average Bonchev–Trinajstić information content (AvgIpc) is 1.12. The van der Waals surface area contributed by atoms with E-state index in [4.69, 9.17) is 9.46 Å². The minimum Gasteiger partial charge on any atom is -0.418 e.